The van der Waals surface area contributed by atoms with E-state index in [0.717, 1.165) is 46.0 Å². The maximum atomic E-state index is 13.4. The van der Waals surface area contributed by atoms with E-state index in [2.05, 4.69) is 4.98 Å². The number of furan rings is 1. The van der Waals surface area contributed by atoms with E-state index in [0.29, 0.717) is 24.7 Å². The molecule has 1 amide bonds. The molecular formula is C25H26N4O3S. The van der Waals surface area contributed by atoms with E-state index < -0.39 is 5.60 Å². The number of likely N-dealkylation sites (tertiary alicyclic amines) is 1. The van der Waals surface area contributed by atoms with E-state index in [1.807, 2.05) is 53.1 Å². The zero-order chi connectivity index (χ0) is 22.7. The van der Waals surface area contributed by atoms with E-state index in [1.165, 1.54) is 0 Å². The van der Waals surface area contributed by atoms with Crippen LogP contribution >= 0.6 is 11.8 Å². The molecule has 8 heteroatoms. The third-order valence-corrected chi connectivity index (χ3v) is 8.03. The summed E-state index contributed by atoms with van der Waals surface area (Å²) in [6, 6.07) is 9.77. The first-order valence-corrected chi connectivity index (χ1v) is 12.7. The highest BCUT2D eigenvalue weighted by atomic mass is 32.2. The number of piperidine rings is 1. The van der Waals surface area contributed by atoms with Gasteiger partial charge in [-0.15, -0.1) is 11.8 Å². The number of hydrogen-bond acceptors (Lipinski definition) is 6. The number of carbonyl (C=O) groups is 1. The number of carbonyl (C=O) groups excluding carboxylic acids is 1. The van der Waals surface area contributed by atoms with E-state index in [4.69, 9.17) is 9.52 Å². The molecule has 2 atom stereocenters. The summed E-state index contributed by atoms with van der Waals surface area (Å²) in [5, 5.41) is 17.6. The Morgan fingerprint density at radius 3 is 2.76 bits per heavy atom. The second-order valence-corrected chi connectivity index (χ2v) is 10.2. The molecule has 0 spiro atoms. The van der Waals surface area contributed by atoms with Crippen molar-refractivity contribution in [3.8, 4) is 11.3 Å². The van der Waals surface area contributed by atoms with Gasteiger partial charge in [0.25, 0.3) is 5.91 Å². The van der Waals surface area contributed by atoms with Crippen LogP contribution in [0.4, 0.5) is 0 Å². The molecule has 2 fully saturated rings. The number of amides is 1. The van der Waals surface area contributed by atoms with E-state index >= 15 is 0 Å². The summed E-state index contributed by atoms with van der Waals surface area (Å²) in [7, 11) is 0. The first-order chi connectivity index (χ1) is 16.0. The van der Waals surface area contributed by atoms with Crippen LogP contribution in [0.25, 0.3) is 33.1 Å². The minimum Gasteiger partial charge on any atom is -0.464 e. The summed E-state index contributed by atoms with van der Waals surface area (Å²) in [6.07, 6.45) is 7.47. The molecule has 3 aromatic heterocycles. The number of thioether (sulfide) groups is 1. The van der Waals surface area contributed by atoms with Crippen molar-refractivity contribution in [3.05, 3.63) is 48.5 Å². The molecule has 2 unspecified atom stereocenters. The summed E-state index contributed by atoms with van der Waals surface area (Å²) in [5.41, 5.74) is 3.18. The molecule has 6 rings (SSSR count). The average Bonchev–Trinajstić information content (AvgIpc) is 3.40. The lowest BCUT2D eigenvalue weighted by Crippen LogP contribution is -2.53. The summed E-state index contributed by atoms with van der Waals surface area (Å²) in [6.45, 7) is 3.08. The maximum absolute atomic E-state index is 13.4. The van der Waals surface area contributed by atoms with Gasteiger partial charge in [0.1, 0.15) is 23.2 Å². The van der Waals surface area contributed by atoms with E-state index in [1.54, 1.807) is 24.2 Å². The SMILES string of the molecule is CSCn1nc(-c2coc3ccccc23)c2cnc(C(=O)N3CC4CCC(C3)C4(C)O)cc21. The van der Waals surface area contributed by atoms with Gasteiger partial charge in [-0.2, -0.15) is 5.10 Å². The second kappa shape index (κ2) is 7.60. The van der Waals surface area contributed by atoms with Crippen molar-refractivity contribution in [2.45, 2.75) is 31.2 Å². The van der Waals surface area contributed by atoms with Crippen molar-refractivity contribution in [1.29, 1.82) is 0 Å². The first kappa shape index (κ1) is 20.7. The molecule has 7 nitrogen and oxygen atoms in total. The third-order valence-electron chi connectivity index (χ3n) is 7.53. The molecular weight excluding hydrogens is 436 g/mol. The molecule has 2 aliphatic rings. The Kier molecular flexibility index (Phi) is 4.78. The Morgan fingerprint density at radius 2 is 2.00 bits per heavy atom. The van der Waals surface area contributed by atoms with Gasteiger partial charge in [-0.1, -0.05) is 18.2 Å². The normalized spacial score (nSPS) is 24.8. The number of rotatable bonds is 4. The fraction of sp³-hybridized carbons (Fsp3) is 0.400. The zero-order valence-electron chi connectivity index (χ0n) is 18.7. The summed E-state index contributed by atoms with van der Waals surface area (Å²) in [4.78, 5) is 19.8. The Hall–Kier alpha value is -2.84. The Balaban J connectivity index is 1.40. The molecule has 4 aromatic rings. The summed E-state index contributed by atoms with van der Waals surface area (Å²) < 4.78 is 7.68. The fourth-order valence-corrected chi connectivity index (χ4v) is 6.02. The van der Waals surface area contributed by atoms with Crippen LogP contribution in [0.5, 0.6) is 0 Å². The number of para-hydroxylation sites is 1. The average molecular weight is 463 g/mol. The van der Waals surface area contributed by atoms with Gasteiger partial charge in [0.15, 0.2) is 0 Å². The summed E-state index contributed by atoms with van der Waals surface area (Å²) >= 11 is 1.67. The van der Waals surface area contributed by atoms with Crippen LogP contribution in [0, 0.1) is 11.8 Å². The van der Waals surface area contributed by atoms with Crippen molar-refractivity contribution in [1.82, 2.24) is 19.7 Å². The number of aliphatic hydroxyl groups is 1. The van der Waals surface area contributed by atoms with Crippen molar-refractivity contribution < 1.29 is 14.3 Å². The van der Waals surface area contributed by atoms with Crippen molar-refractivity contribution >= 4 is 39.5 Å². The van der Waals surface area contributed by atoms with E-state index in [9.17, 15) is 9.90 Å². The number of benzene rings is 1. The highest BCUT2D eigenvalue weighted by Gasteiger charge is 2.50. The smallest absolute Gasteiger partial charge is 0.272 e. The zero-order valence-corrected chi connectivity index (χ0v) is 19.5. The highest BCUT2D eigenvalue weighted by Crippen LogP contribution is 2.45. The molecule has 1 aliphatic carbocycles. The van der Waals surface area contributed by atoms with Crippen LogP contribution in [-0.4, -0.2) is 55.6 Å². The predicted octanol–water partition coefficient (Wildman–Crippen LogP) is 4.40. The molecule has 1 aromatic carbocycles. The predicted molar refractivity (Wildman–Crippen MR) is 129 cm³/mol. The topological polar surface area (TPSA) is 84.4 Å². The lowest BCUT2D eigenvalue weighted by molar-refractivity contribution is -0.0616. The van der Waals surface area contributed by atoms with Crippen molar-refractivity contribution in [2.75, 3.05) is 19.3 Å². The molecule has 1 saturated heterocycles. The Bertz CT molecular complexity index is 1360. The van der Waals surface area contributed by atoms with Gasteiger partial charge in [0.2, 0.25) is 0 Å². The molecule has 1 saturated carbocycles. The summed E-state index contributed by atoms with van der Waals surface area (Å²) in [5.74, 6) is 0.857. The minimum absolute atomic E-state index is 0.0727. The Morgan fingerprint density at radius 1 is 1.24 bits per heavy atom. The maximum Gasteiger partial charge on any atom is 0.272 e. The van der Waals surface area contributed by atoms with Crippen molar-refractivity contribution in [3.63, 3.8) is 0 Å². The lowest BCUT2D eigenvalue weighted by atomic mass is 9.82. The highest BCUT2D eigenvalue weighted by molar-refractivity contribution is 7.97. The van der Waals surface area contributed by atoms with Gasteiger partial charge in [-0.25, -0.2) is 0 Å². The monoisotopic (exact) mass is 462 g/mol. The number of hydrogen-bond donors (Lipinski definition) is 1. The number of aromatic nitrogens is 3. The number of nitrogens with zero attached hydrogens (tertiary/aromatic N) is 4. The van der Waals surface area contributed by atoms with Crippen LogP contribution in [-0.2, 0) is 5.88 Å². The van der Waals surface area contributed by atoms with Crippen molar-refractivity contribution in [2.24, 2.45) is 11.8 Å². The molecule has 170 valence electrons. The van der Waals surface area contributed by atoms with E-state index in [-0.39, 0.29) is 17.7 Å². The molecule has 2 bridgehead atoms. The molecule has 1 N–H and O–H groups in total. The lowest BCUT2D eigenvalue weighted by Gasteiger charge is -2.42. The molecule has 0 radical (unpaired) electrons. The Labute approximate surface area is 195 Å². The van der Waals surface area contributed by atoms with Gasteiger partial charge in [-0.3, -0.25) is 14.5 Å². The quantitative estimate of drug-likeness (QED) is 0.484. The fourth-order valence-electron chi connectivity index (χ4n) is 5.57. The van der Waals surface area contributed by atoms with Gasteiger partial charge >= 0.3 is 0 Å². The molecule has 1 aliphatic heterocycles. The van der Waals surface area contributed by atoms with Crippen LogP contribution in [0.2, 0.25) is 0 Å². The number of fused-ring (bicyclic) bond motifs is 4. The second-order valence-electron chi connectivity index (χ2n) is 9.41. The van der Waals surface area contributed by atoms with Gasteiger partial charge in [0.05, 0.1) is 17.0 Å². The van der Waals surface area contributed by atoms with Crippen LogP contribution in [0.15, 0.2) is 47.2 Å². The standard InChI is InChI=1S/C25H26N4O3S/c1-25(31)15-7-8-16(25)12-28(11-15)24(30)20-9-21-18(10-26-20)23(27-29(21)14-33-2)19-13-32-22-6-4-3-5-17(19)22/h3-6,9-10,13,15-16,31H,7-8,11-12,14H2,1-2H3. The third kappa shape index (κ3) is 3.19. The van der Waals surface area contributed by atoms with Crippen LogP contribution < -0.4 is 0 Å². The van der Waals surface area contributed by atoms with Crippen LogP contribution in [0.3, 0.4) is 0 Å². The van der Waals surface area contributed by atoms with Gasteiger partial charge in [0, 0.05) is 47.5 Å². The van der Waals surface area contributed by atoms with Crippen LogP contribution in [0.1, 0.15) is 30.3 Å². The first-order valence-electron chi connectivity index (χ1n) is 11.3. The molecule has 33 heavy (non-hydrogen) atoms. The molecule has 4 heterocycles. The van der Waals surface area contributed by atoms with Gasteiger partial charge in [-0.05, 0) is 38.2 Å². The number of pyridine rings is 1. The van der Waals surface area contributed by atoms with Gasteiger partial charge < -0.3 is 14.4 Å². The largest absolute Gasteiger partial charge is 0.464 e. The minimum atomic E-state index is -0.673.